The lowest BCUT2D eigenvalue weighted by Gasteiger charge is -2.38. The van der Waals surface area contributed by atoms with Crippen molar-refractivity contribution in [2.45, 2.75) is 44.4 Å². The minimum absolute atomic E-state index is 0.313. The van der Waals surface area contributed by atoms with Gasteiger partial charge in [-0.2, -0.15) is 13.2 Å². The number of hydrogen-bond donors (Lipinski definition) is 0. The summed E-state index contributed by atoms with van der Waals surface area (Å²) in [6.45, 7) is 2.33. The Balaban J connectivity index is 1.61. The average molecular weight is 357 g/mol. The van der Waals surface area contributed by atoms with Gasteiger partial charge >= 0.3 is 6.18 Å². The van der Waals surface area contributed by atoms with Gasteiger partial charge in [0.15, 0.2) is 0 Å². The number of halogens is 3. The zero-order valence-corrected chi connectivity index (χ0v) is 14.0. The Morgan fingerprint density at radius 1 is 1.12 bits per heavy atom. The third-order valence-electron chi connectivity index (χ3n) is 5.14. The van der Waals surface area contributed by atoms with Crippen molar-refractivity contribution < 1.29 is 18.0 Å². The summed E-state index contributed by atoms with van der Waals surface area (Å²) < 4.78 is 39.2. The first-order chi connectivity index (χ1) is 11.9. The molecule has 2 fully saturated rings. The van der Waals surface area contributed by atoms with E-state index in [-0.39, 0.29) is 12.5 Å². The maximum absolute atomic E-state index is 12.8. The number of pyridine rings is 1. The summed E-state index contributed by atoms with van der Waals surface area (Å²) in [5, 5.41) is 0. The van der Waals surface area contributed by atoms with E-state index in [1.54, 1.807) is 4.90 Å². The molecule has 1 saturated carbocycles. The number of nitrogens with zero attached hydrogens (tertiary/aromatic N) is 3. The molecule has 1 aromatic rings. The van der Waals surface area contributed by atoms with E-state index >= 15 is 0 Å². The second kappa shape index (κ2) is 7.19. The average Bonchev–Trinajstić information content (AvgIpc) is 3.10. The fraction of sp³-hybridized carbons (Fsp3) is 0.647. The molecule has 0 unspecified atom stereocenters. The van der Waals surface area contributed by atoms with Gasteiger partial charge in [0.1, 0.15) is 12.1 Å². The van der Waals surface area contributed by atoms with Crippen molar-refractivity contribution >= 4 is 5.91 Å². The molecule has 1 aromatic heterocycles. The molecule has 2 heterocycles. The summed E-state index contributed by atoms with van der Waals surface area (Å²) in [6.07, 6.45) is 1.42. The van der Waals surface area contributed by atoms with Gasteiger partial charge in [0.2, 0.25) is 5.91 Å². The summed E-state index contributed by atoms with van der Waals surface area (Å²) in [4.78, 5) is 28.3. The standard InChI is InChI=1S/C17H22F3N3O2/c18-17(19,20)14-6-3-7-23(16(14)25)12-15(24)22-10-8-21(9-11-22)13-4-1-2-5-13/h3,6-7,13H,1-2,4-5,8-12H2. The smallest absolute Gasteiger partial charge is 0.339 e. The van der Waals surface area contributed by atoms with Crippen LogP contribution < -0.4 is 5.56 Å². The number of piperazine rings is 1. The van der Waals surface area contributed by atoms with Crippen molar-refractivity contribution in [1.82, 2.24) is 14.4 Å². The minimum Gasteiger partial charge on any atom is -0.339 e. The maximum Gasteiger partial charge on any atom is 0.421 e. The second-order valence-corrected chi connectivity index (χ2v) is 6.71. The van der Waals surface area contributed by atoms with Crippen LogP contribution in [0.3, 0.4) is 0 Å². The van der Waals surface area contributed by atoms with E-state index in [1.165, 1.54) is 31.9 Å². The van der Waals surface area contributed by atoms with Crippen LogP contribution >= 0.6 is 0 Å². The fourth-order valence-corrected chi connectivity index (χ4v) is 3.73. The molecule has 1 amide bonds. The Bertz CT molecular complexity index is 672. The Kier molecular flexibility index (Phi) is 5.17. The van der Waals surface area contributed by atoms with Crippen molar-refractivity contribution in [3.05, 3.63) is 34.2 Å². The topological polar surface area (TPSA) is 45.6 Å². The highest BCUT2D eigenvalue weighted by molar-refractivity contribution is 5.76. The van der Waals surface area contributed by atoms with Crippen LogP contribution in [0, 0.1) is 0 Å². The van der Waals surface area contributed by atoms with Crippen LogP contribution in [0.1, 0.15) is 31.2 Å². The van der Waals surface area contributed by atoms with Gasteiger partial charge in [0, 0.05) is 38.4 Å². The predicted octanol–water partition coefficient (Wildman–Crippen LogP) is 1.95. The highest BCUT2D eigenvalue weighted by Gasteiger charge is 2.34. The Morgan fingerprint density at radius 3 is 2.36 bits per heavy atom. The number of amides is 1. The first-order valence-electron chi connectivity index (χ1n) is 8.65. The van der Waals surface area contributed by atoms with Gasteiger partial charge < -0.3 is 9.47 Å². The molecule has 25 heavy (non-hydrogen) atoms. The number of rotatable bonds is 3. The molecule has 5 nitrogen and oxygen atoms in total. The van der Waals surface area contributed by atoms with E-state index in [2.05, 4.69) is 4.90 Å². The highest BCUT2D eigenvalue weighted by Crippen LogP contribution is 2.26. The third-order valence-corrected chi connectivity index (χ3v) is 5.14. The van der Waals surface area contributed by atoms with E-state index < -0.39 is 17.3 Å². The van der Waals surface area contributed by atoms with Crippen molar-refractivity contribution in [1.29, 1.82) is 0 Å². The SMILES string of the molecule is O=C(Cn1cccc(C(F)(F)F)c1=O)N1CCN(C2CCCC2)CC1. The summed E-state index contributed by atoms with van der Waals surface area (Å²) in [5.74, 6) is -0.313. The zero-order valence-electron chi connectivity index (χ0n) is 14.0. The summed E-state index contributed by atoms with van der Waals surface area (Å²) in [6, 6.07) is 2.49. The molecular formula is C17H22F3N3O2. The van der Waals surface area contributed by atoms with Gasteiger partial charge in [-0.05, 0) is 25.0 Å². The molecule has 1 aliphatic heterocycles. The van der Waals surface area contributed by atoms with Crippen LogP contribution in [0.4, 0.5) is 13.2 Å². The summed E-state index contributed by atoms with van der Waals surface area (Å²) >= 11 is 0. The van der Waals surface area contributed by atoms with Crippen LogP contribution in [0.2, 0.25) is 0 Å². The maximum atomic E-state index is 12.8. The number of carbonyl (C=O) groups excluding carboxylic acids is 1. The lowest BCUT2D eigenvalue weighted by Crippen LogP contribution is -2.52. The Morgan fingerprint density at radius 2 is 1.76 bits per heavy atom. The Labute approximate surface area is 144 Å². The van der Waals surface area contributed by atoms with Gasteiger partial charge in [-0.25, -0.2) is 0 Å². The van der Waals surface area contributed by atoms with E-state index in [1.807, 2.05) is 0 Å². The Hall–Kier alpha value is -1.83. The van der Waals surface area contributed by atoms with Crippen molar-refractivity contribution in [3.63, 3.8) is 0 Å². The van der Waals surface area contributed by atoms with Gasteiger partial charge in [0.05, 0.1) is 0 Å². The van der Waals surface area contributed by atoms with Crippen molar-refractivity contribution in [2.75, 3.05) is 26.2 Å². The molecule has 8 heteroatoms. The zero-order chi connectivity index (χ0) is 18.0. The van der Waals surface area contributed by atoms with Gasteiger partial charge in [-0.15, -0.1) is 0 Å². The van der Waals surface area contributed by atoms with Gasteiger partial charge in [-0.1, -0.05) is 12.8 Å². The molecular weight excluding hydrogens is 335 g/mol. The largest absolute Gasteiger partial charge is 0.421 e. The number of carbonyl (C=O) groups is 1. The molecule has 0 bridgehead atoms. The monoisotopic (exact) mass is 357 g/mol. The normalized spacial score (nSPS) is 20.2. The molecule has 3 rings (SSSR count). The van der Waals surface area contributed by atoms with Gasteiger partial charge in [0.25, 0.3) is 5.56 Å². The third kappa shape index (κ3) is 4.05. The fourth-order valence-electron chi connectivity index (χ4n) is 3.73. The summed E-state index contributed by atoms with van der Waals surface area (Å²) in [7, 11) is 0. The molecule has 138 valence electrons. The lowest BCUT2D eigenvalue weighted by atomic mass is 10.2. The van der Waals surface area contributed by atoms with E-state index in [0.717, 1.165) is 29.8 Å². The predicted molar refractivity (Wildman–Crippen MR) is 86.1 cm³/mol. The van der Waals surface area contributed by atoms with Crippen LogP contribution in [-0.4, -0.2) is 52.5 Å². The minimum atomic E-state index is -4.71. The first-order valence-corrected chi connectivity index (χ1v) is 8.65. The quantitative estimate of drug-likeness (QED) is 0.831. The van der Waals surface area contributed by atoms with Crippen molar-refractivity contribution in [2.24, 2.45) is 0 Å². The molecule has 0 N–H and O–H groups in total. The number of aromatic nitrogens is 1. The molecule has 0 aromatic carbocycles. The van der Waals surface area contributed by atoms with E-state index in [9.17, 15) is 22.8 Å². The lowest BCUT2D eigenvalue weighted by molar-refractivity contribution is -0.140. The van der Waals surface area contributed by atoms with Gasteiger partial charge in [-0.3, -0.25) is 14.5 Å². The van der Waals surface area contributed by atoms with Crippen molar-refractivity contribution in [3.8, 4) is 0 Å². The highest BCUT2D eigenvalue weighted by atomic mass is 19.4. The van der Waals surface area contributed by atoms with Crippen LogP contribution in [0.15, 0.2) is 23.1 Å². The van der Waals surface area contributed by atoms with Crippen LogP contribution in [-0.2, 0) is 17.5 Å². The summed E-state index contributed by atoms with van der Waals surface area (Å²) in [5.41, 5.74) is -2.42. The molecule has 2 aliphatic rings. The molecule has 0 atom stereocenters. The first kappa shape index (κ1) is 18.0. The molecule has 0 radical (unpaired) electrons. The van der Waals surface area contributed by atoms with E-state index in [0.29, 0.717) is 19.1 Å². The molecule has 1 aliphatic carbocycles. The molecule has 0 spiro atoms. The van der Waals surface area contributed by atoms with Crippen LogP contribution in [0.25, 0.3) is 0 Å². The van der Waals surface area contributed by atoms with Crippen LogP contribution in [0.5, 0.6) is 0 Å². The van der Waals surface area contributed by atoms with E-state index in [4.69, 9.17) is 0 Å². The molecule has 1 saturated heterocycles. The second-order valence-electron chi connectivity index (χ2n) is 6.71. The number of alkyl halides is 3. The number of hydrogen-bond acceptors (Lipinski definition) is 3.